The maximum Gasteiger partial charge on any atom is 0.288 e. The molecule has 12 heavy (non-hydrogen) atoms. The topological polar surface area (TPSA) is 37.2 Å². The van der Waals surface area contributed by atoms with Crippen LogP contribution in [0.3, 0.4) is 0 Å². The molecule has 64 valence electrons. The molecule has 1 aromatic rings. The number of hydrogen-bond acceptors (Lipinski definition) is 1. The van der Waals surface area contributed by atoms with Crippen LogP contribution in [0.5, 0.6) is 5.75 Å². The molecule has 3 heteroatoms. The van der Waals surface area contributed by atoms with Crippen molar-refractivity contribution in [3.05, 3.63) is 29.6 Å². The van der Waals surface area contributed by atoms with Crippen molar-refractivity contribution >= 4 is 14.5 Å². The van der Waals surface area contributed by atoms with Crippen molar-refractivity contribution in [1.82, 2.24) is 0 Å². The average Bonchev–Trinajstić information content (AvgIpc) is 2.03. The van der Waals surface area contributed by atoms with Gasteiger partial charge in [-0.05, 0) is 6.17 Å². The predicted octanol–water partition coefficient (Wildman–Crippen LogP) is 2.06. The predicted molar refractivity (Wildman–Crippen MR) is 51.3 cm³/mol. The molecule has 0 unspecified atom stereocenters. The number of benzene rings is 1. The van der Waals surface area contributed by atoms with Crippen molar-refractivity contribution in [2.45, 2.75) is 13.1 Å². The van der Waals surface area contributed by atoms with E-state index in [2.05, 4.69) is 18.4 Å². The highest BCUT2D eigenvalue weighted by Crippen LogP contribution is 2.26. The summed E-state index contributed by atoms with van der Waals surface area (Å²) in [5.74, 6) is 0.0285. The van der Waals surface area contributed by atoms with Gasteiger partial charge in [0.15, 0.2) is 0 Å². The van der Waals surface area contributed by atoms with E-state index in [0.29, 0.717) is 5.69 Å². The van der Waals surface area contributed by atoms with Crippen molar-refractivity contribution in [2.24, 2.45) is 0 Å². The van der Waals surface area contributed by atoms with Gasteiger partial charge in [-0.1, -0.05) is 24.3 Å². The third kappa shape index (κ3) is 2.58. The first-order valence-corrected chi connectivity index (χ1v) is 6.63. The maximum absolute atomic E-state index is 11.1. The van der Waals surface area contributed by atoms with Gasteiger partial charge in [0.25, 0.3) is 8.80 Å². The van der Waals surface area contributed by atoms with E-state index in [1.807, 2.05) is 6.07 Å². The van der Waals surface area contributed by atoms with Gasteiger partial charge in [0.1, 0.15) is 0 Å². The molecule has 0 radical (unpaired) electrons. The van der Waals surface area contributed by atoms with Gasteiger partial charge in [0.2, 0.25) is 0 Å². The maximum atomic E-state index is 11.1. The standard InChI is InChI=1S/C9H13NOSi/c1-12(2)7-10-8-5-3-4-6-9(8)11/h3-6,11H,7H2,1-2H3/p-1. The molecule has 0 saturated carbocycles. The summed E-state index contributed by atoms with van der Waals surface area (Å²) in [6, 6.07) is 6.91. The van der Waals surface area contributed by atoms with Crippen LogP contribution < -0.4 is 5.11 Å². The molecule has 0 saturated heterocycles. The zero-order valence-corrected chi connectivity index (χ0v) is 8.37. The monoisotopic (exact) mass is 178 g/mol. The van der Waals surface area contributed by atoms with Gasteiger partial charge >= 0.3 is 0 Å². The minimum absolute atomic E-state index is 0.0285. The third-order valence-corrected chi connectivity index (χ3v) is 2.22. The van der Waals surface area contributed by atoms with Crippen LogP contribution in [0.1, 0.15) is 0 Å². The van der Waals surface area contributed by atoms with Crippen LogP contribution in [-0.2, 0) is 0 Å². The molecule has 0 aliphatic carbocycles. The Bertz CT molecular complexity index is 250. The molecular formula is C9H12NOSi-. The summed E-state index contributed by atoms with van der Waals surface area (Å²) in [5.41, 5.74) is 0.601. The summed E-state index contributed by atoms with van der Waals surface area (Å²) in [5, 5.41) is 15.4. The summed E-state index contributed by atoms with van der Waals surface area (Å²) in [6.07, 6.45) is 0.823. The molecule has 1 aromatic carbocycles. The highest BCUT2D eigenvalue weighted by Gasteiger charge is 2.01. The quantitative estimate of drug-likeness (QED) is 0.653. The lowest BCUT2D eigenvalue weighted by Crippen LogP contribution is -2.06. The summed E-state index contributed by atoms with van der Waals surface area (Å²) in [7, 11) is -0.354. The van der Waals surface area contributed by atoms with Crippen molar-refractivity contribution in [2.75, 3.05) is 6.17 Å². The SMILES string of the molecule is C[Si+](C)C[N-]c1ccccc1[O-]. The molecule has 0 bridgehead atoms. The van der Waals surface area contributed by atoms with Gasteiger partial charge in [0.05, 0.1) is 13.1 Å². The Balaban J connectivity index is 2.57. The van der Waals surface area contributed by atoms with Crippen LogP contribution in [0, 0.1) is 0 Å². The molecule has 1 rings (SSSR count). The Labute approximate surface area is 74.8 Å². The van der Waals surface area contributed by atoms with Crippen LogP contribution in [0.2, 0.25) is 13.1 Å². The molecule has 0 N–H and O–H groups in total. The summed E-state index contributed by atoms with van der Waals surface area (Å²) in [6.45, 7) is 4.36. The largest absolute Gasteiger partial charge is 0.873 e. The van der Waals surface area contributed by atoms with Crippen molar-refractivity contribution < 1.29 is 5.11 Å². The Morgan fingerprint density at radius 3 is 2.58 bits per heavy atom. The molecule has 0 spiro atoms. The summed E-state index contributed by atoms with van der Waals surface area (Å²) in [4.78, 5) is 0. The lowest BCUT2D eigenvalue weighted by molar-refractivity contribution is -0.266. The normalized spacial score (nSPS) is 9.50. The fraction of sp³-hybridized carbons (Fsp3) is 0.333. The number of rotatable bonds is 3. The van der Waals surface area contributed by atoms with Crippen LogP contribution in [0.4, 0.5) is 5.69 Å². The zero-order chi connectivity index (χ0) is 8.97. The molecule has 0 aliphatic rings. The van der Waals surface area contributed by atoms with Gasteiger partial charge in [-0.2, -0.15) is 0 Å². The number of para-hydroxylation sites is 2. The molecule has 0 atom stereocenters. The van der Waals surface area contributed by atoms with Gasteiger partial charge in [-0.15, -0.1) is 11.4 Å². The number of hydrogen-bond donors (Lipinski definition) is 0. The van der Waals surface area contributed by atoms with Gasteiger partial charge in [-0.25, -0.2) is 0 Å². The fourth-order valence-electron chi connectivity index (χ4n) is 0.831. The first-order chi connectivity index (χ1) is 5.70. The van der Waals surface area contributed by atoms with Crippen molar-refractivity contribution in [3.63, 3.8) is 0 Å². The van der Waals surface area contributed by atoms with Crippen LogP contribution in [0.25, 0.3) is 5.32 Å². The van der Waals surface area contributed by atoms with E-state index in [1.165, 1.54) is 0 Å². The minimum atomic E-state index is -0.354. The second-order valence-electron chi connectivity index (χ2n) is 2.99. The van der Waals surface area contributed by atoms with E-state index < -0.39 is 0 Å². The second kappa shape index (κ2) is 4.16. The first kappa shape index (κ1) is 9.13. The molecule has 0 aliphatic heterocycles. The Morgan fingerprint density at radius 1 is 1.33 bits per heavy atom. The Morgan fingerprint density at radius 2 is 2.00 bits per heavy atom. The van der Waals surface area contributed by atoms with Gasteiger partial charge < -0.3 is 10.4 Å². The average molecular weight is 178 g/mol. The van der Waals surface area contributed by atoms with E-state index in [-0.39, 0.29) is 14.5 Å². The Kier molecular flexibility index (Phi) is 3.16. The highest BCUT2D eigenvalue weighted by molar-refractivity contribution is 6.56. The lowest BCUT2D eigenvalue weighted by atomic mass is 10.3. The van der Waals surface area contributed by atoms with E-state index in [9.17, 15) is 5.11 Å². The lowest BCUT2D eigenvalue weighted by Gasteiger charge is -2.24. The van der Waals surface area contributed by atoms with Crippen molar-refractivity contribution in [3.8, 4) is 5.75 Å². The second-order valence-corrected chi connectivity index (χ2v) is 5.72. The van der Waals surface area contributed by atoms with E-state index in [1.54, 1.807) is 18.2 Å². The molecular weight excluding hydrogens is 166 g/mol. The summed E-state index contributed by atoms with van der Waals surface area (Å²) < 4.78 is 0. The Hall–Kier alpha value is -0.963. The minimum Gasteiger partial charge on any atom is -0.873 e. The molecule has 0 fully saturated rings. The van der Waals surface area contributed by atoms with Gasteiger partial charge in [-0.3, -0.25) is 0 Å². The molecule has 2 nitrogen and oxygen atoms in total. The van der Waals surface area contributed by atoms with Crippen molar-refractivity contribution in [1.29, 1.82) is 0 Å². The third-order valence-electron chi connectivity index (χ3n) is 1.43. The van der Waals surface area contributed by atoms with Crippen LogP contribution in [0.15, 0.2) is 24.3 Å². The number of nitrogens with zero attached hydrogens (tertiary/aromatic N) is 1. The smallest absolute Gasteiger partial charge is 0.288 e. The zero-order valence-electron chi connectivity index (χ0n) is 7.37. The summed E-state index contributed by atoms with van der Waals surface area (Å²) >= 11 is 0. The van der Waals surface area contributed by atoms with E-state index >= 15 is 0 Å². The molecule has 0 amide bonds. The van der Waals surface area contributed by atoms with E-state index in [4.69, 9.17) is 0 Å². The van der Waals surface area contributed by atoms with Gasteiger partial charge in [0, 0.05) is 0 Å². The van der Waals surface area contributed by atoms with E-state index in [0.717, 1.165) is 6.17 Å². The fourth-order valence-corrected chi connectivity index (χ4v) is 1.32. The van der Waals surface area contributed by atoms with Crippen LogP contribution in [-0.4, -0.2) is 15.0 Å². The molecule has 0 heterocycles. The molecule has 0 aromatic heterocycles. The first-order valence-electron chi connectivity index (χ1n) is 3.92. The highest BCUT2D eigenvalue weighted by atomic mass is 28.3. The van der Waals surface area contributed by atoms with Crippen LogP contribution >= 0.6 is 0 Å².